The molecule has 2 aliphatic rings. The monoisotopic (exact) mass is 514 g/mol. The molecule has 32 heavy (non-hydrogen) atoms. The number of hydrogen-bond acceptors (Lipinski definition) is 12. The van der Waals surface area contributed by atoms with Crippen LogP contribution in [0.4, 0.5) is 5.13 Å². The van der Waals surface area contributed by atoms with Crippen molar-refractivity contribution >= 4 is 69.5 Å². The smallest absolute Gasteiger partial charge is 0.352 e. The molecule has 0 aliphatic carbocycles. The molecule has 0 saturated carbocycles. The number of tetrazole rings is 1. The Morgan fingerprint density at radius 3 is 2.84 bits per heavy atom. The van der Waals surface area contributed by atoms with E-state index < -0.39 is 28.5 Å². The number of nitrogens with one attached hydrogen (secondary N) is 1. The fourth-order valence-corrected chi connectivity index (χ4v) is 6.96. The molecule has 0 bridgehead atoms. The molecule has 170 valence electrons. The second-order valence-corrected chi connectivity index (χ2v) is 10.6. The Hall–Kier alpha value is -2.30. The highest BCUT2D eigenvalue weighted by atomic mass is 32.2. The molecule has 1 fully saturated rings. The molecule has 2 aliphatic heterocycles. The zero-order valence-electron chi connectivity index (χ0n) is 16.8. The standard InChI is InChI=1S/C16H18N8O4S4/c1-23-16(20-21-22-23)32-4-6-3-30-13-8(12(26)24(13)9(6)14(27)28)19-11(25)10(29-2)7-5-31-15(17)18-7/h5,8,10,13H,3-4H2,1-2H3,(H2,17,18)(H,19,25)(H,27,28). The summed E-state index contributed by atoms with van der Waals surface area (Å²) in [4.78, 5) is 43.0. The van der Waals surface area contributed by atoms with E-state index in [1.807, 2.05) is 0 Å². The lowest BCUT2D eigenvalue weighted by Gasteiger charge is -2.49. The first kappa shape index (κ1) is 22.9. The highest BCUT2D eigenvalue weighted by Gasteiger charge is 2.54. The third-order valence-corrected chi connectivity index (χ3v) is 8.84. The van der Waals surface area contributed by atoms with Crippen molar-refractivity contribution in [2.24, 2.45) is 7.05 Å². The molecule has 2 aromatic heterocycles. The van der Waals surface area contributed by atoms with Gasteiger partial charge in [0.05, 0.1) is 5.69 Å². The number of thiazole rings is 1. The molecule has 4 heterocycles. The number of hydrogen-bond donors (Lipinski definition) is 3. The number of carboxylic acid groups (broad SMARTS) is 1. The number of aryl methyl sites for hydroxylation is 1. The predicted molar refractivity (Wildman–Crippen MR) is 122 cm³/mol. The molecule has 3 unspecified atom stereocenters. The molecule has 0 radical (unpaired) electrons. The molecule has 4 N–H and O–H groups in total. The molecule has 16 heteroatoms. The fraction of sp³-hybridized carbons (Fsp3) is 0.438. The number of fused-ring (bicyclic) bond motifs is 1. The molecular formula is C16H18N8O4S4. The average molecular weight is 515 g/mol. The van der Waals surface area contributed by atoms with E-state index in [-0.39, 0.29) is 11.6 Å². The number of β-lactam (4-membered cyclic amide) rings is 1. The van der Waals surface area contributed by atoms with E-state index in [4.69, 9.17) is 5.73 Å². The van der Waals surface area contributed by atoms with Gasteiger partial charge in [-0.15, -0.1) is 40.0 Å². The maximum absolute atomic E-state index is 12.8. The Bertz CT molecular complexity index is 1100. The number of thioether (sulfide) groups is 3. The molecule has 2 amide bonds. The molecule has 1 saturated heterocycles. The van der Waals surface area contributed by atoms with Crippen molar-refractivity contribution in [1.29, 1.82) is 0 Å². The van der Waals surface area contributed by atoms with Gasteiger partial charge in [-0.2, -0.15) is 0 Å². The summed E-state index contributed by atoms with van der Waals surface area (Å²) in [7, 11) is 1.69. The normalized spacial score (nSPS) is 21.2. The van der Waals surface area contributed by atoms with Crippen molar-refractivity contribution in [2.45, 2.75) is 21.8 Å². The van der Waals surface area contributed by atoms with Crippen molar-refractivity contribution in [3.63, 3.8) is 0 Å². The van der Waals surface area contributed by atoms with Gasteiger partial charge in [-0.3, -0.25) is 14.5 Å². The summed E-state index contributed by atoms with van der Waals surface area (Å²) in [5, 5.41) is 25.2. The van der Waals surface area contributed by atoms with Gasteiger partial charge in [0.1, 0.15) is 22.4 Å². The number of aliphatic carboxylic acids is 1. The van der Waals surface area contributed by atoms with Crippen LogP contribution in [0.15, 0.2) is 21.8 Å². The van der Waals surface area contributed by atoms with Crippen LogP contribution >= 0.6 is 46.6 Å². The van der Waals surface area contributed by atoms with Crippen molar-refractivity contribution in [2.75, 3.05) is 23.5 Å². The summed E-state index contributed by atoms with van der Waals surface area (Å²) >= 11 is 5.23. The maximum Gasteiger partial charge on any atom is 0.352 e. The van der Waals surface area contributed by atoms with E-state index in [1.165, 1.54) is 56.2 Å². The molecule has 0 aromatic carbocycles. The number of anilines is 1. The van der Waals surface area contributed by atoms with Crippen LogP contribution in [0.2, 0.25) is 0 Å². The third kappa shape index (κ3) is 4.18. The third-order valence-electron chi connectivity index (χ3n) is 4.79. The van der Waals surface area contributed by atoms with Gasteiger partial charge in [-0.1, -0.05) is 11.8 Å². The Kier molecular flexibility index (Phi) is 6.64. The fourth-order valence-electron chi connectivity index (χ4n) is 3.30. The SMILES string of the molecule is CSC(C(=O)NC1C(=O)N2C(C(=O)O)=C(CSc3nnnn3C)CSC12)c1csc(N)n1. The Labute approximate surface area is 198 Å². The second-order valence-electron chi connectivity index (χ2n) is 6.75. The number of carboxylic acids is 1. The van der Waals surface area contributed by atoms with Gasteiger partial charge in [0.15, 0.2) is 5.13 Å². The van der Waals surface area contributed by atoms with Gasteiger partial charge in [-0.05, 0) is 22.3 Å². The quantitative estimate of drug-likeness (QED) is 0.323. The minimum atomic E-state index is -1.18. The first-order valence-electron chi connectivity index (χ1n) is 9.11. The van der Waals surface area contributed by atoms with E-state index in [0.29, 0.717) is 33.1 Å². The van der Waals surface area contributed by atoms with Crippen LogP contribution in [0.3, 0.4) is 0 Å². The van der Waals surface area contributed by atoms with Crippen LogP contribution in [0, 0.1) is 0 Å². The average Bonchev–Trinajstić information content (AvgIpc) is 3.37. The minimum Gasteiger partial charge on any atom is -0.477 e. The molecule has 4 rings (SSSR count). The van der Waals surface area contributed by atoms with Crippen LogP contribution in [0.5, 0.6) is 0 Å². The summed E-state index contributed by atoms with van der Waals surface area (Å²) in [6.45, 7) is 0. The lowest BCUT2D eigenvalue weighted by Crippen LogP contribution is -2.70. The summed E-state index contributed by atoms with van der Waals surface area (Å²) in [5.41, 5.74) is 6.76. The zero-order chi connectivity index (χ0) is 23.0. The summed E-state index contributed by atoms with van der Waals surface area (Å²) in [6, 6.07) is -0.801. The predicted octanol–water partition coefficient (Wildman–Crippen LogP) is 0.184. The van der Waals surface area contributed by atoms with Crippen LogP contribution in [0.1, 0.15) is 10.9 Å². The topological polar surface area (TPSA) is 169 Å². The number of nitrogens with two attached hydrogens (primary N) is 1. The van der Waals surface area contributed by atoms with Crippen molar-refractivity contribution in [3.05, 3.63) is 22.3 Å². The lowest BCUT2D eigenvalue weighted by molar-refractivity contribution is -0.150. The van der Waals surface area contributed by atoms with Crippen LogP contribution < -0.4 is 11.1 Å². The van der Waals surface area contributed by atoms with E-state index in [2.05, 4.69) is 25.8 Å². The lowest BCUT2D eigenvalue weighted by atomic mass is 10.0. The van der Waals surface area contributed by atoms with E-state index >= 15 is 0 Å². The number of carbonyl (C=O) groups is 3. The Balaban J connectivity index is 1.47. The van der Waals surface area contributed by atoms with Gasteiger partial charge >= 0.3 is 5.97 Å². The van der Waals surface area contributed by atoms with Crippen LogP contribution in [0.25, 0.3) is 0 Å². The molecule has 0 spiro atoms. The van der Waals surface area contributed by atoms with Gasteiger partial charge < -0.3 is 16.2 Å². The Morgan fingerprint density at radius 1 is 1.47 bits per heavy atom. The Morgan fingerprint density at radius 2 is 2.25 bits per heavy atom. The van der Waals surface area contributed by atoms with Crippen molar-refractivity contribution in [1.82, 2.24) is 35.4 Å². The van der Waals surface area contributed by atoms with E-state index in [9.17, 15) is 19.5 Å². The van der Waals surface area contributed by atoms with Crippen molar-refractivity contribution in [3.8, 4) is 0 Å². The number of aromatic nitrogens is 5. The zero-order valence-corrected chi connectivity index (χ0v) is 20.1. The van der Waals surface area contributed by atoms with Crippen LogP contribution in [-0.4, -0.2) is 82.2 Å². The molecule has 2 aromatic rings. The number of nitrogen functional groups attached to an aromatic ring is 1. The number of carbonyl (C=O) groups excluding carboxylic acids is 2. The number of nitrogens with zero attached hydrogens (tertiary/aromatic N) is 6. The first-order valence-corrected chi connectivity index (χ1v) is 13.3. The highest BCUT2D eigenvalue weighted by Crippen LogP contribution is 2.42. The van der Waals surface area contributed by atoms with Gasteiger partial charge in [0.2, 0.25) is 11.1 Å². The van der Waals surface area contributed by atoms with Gasteiger partial charge in [-0.25, -0.2) is 14.5 Å². The summed E-state index contributed by atoms with van der Waals surface area (Å²) < 4.78 is 1.49. The van der Waals surface area contributed by atoms with Crippen molar-refractivity contribution < 1.29 is 19.5 Å². The summed E-state index contributed by atoms with van der Waals surface area (Å²) in [6.07, 6.45) is 1.77. The number of rotatable bonds is 8. The molecule has 3 atom stereocenters. The van der Waals surface area contributed by atoms with Gasteiger partial charge in [0.25, 0.3) is 5.91 Å². The molecular weight excluding hydrogens is 496 g/mol. The van der Waals surface area contributed by atoms with E-state index in [1.54, 1.807) is 18.7 Å². The molecule has 12 nitrogen and oxygen atoms in total. The maximum atomic E-state index is 12.8. The highest BCUT2D eigenvalue weighted by molar-refractivity contribution is 8.01. The second kappa shape index (κ2) is 9.29. The van der Waals surface area contributed by atoms with Gasteiger partial charge in [0, 0.05) is 23.9 Å². The number of amides is 2. The van der Waals surface area contributed by atoms with Crippen LogP contribution in [-0.2, 0) is 21.4 Å². The largest absolute Gasteiger partial charge is 0.477 e. The van der Waals surface area contributed by atoms with E-state index in [0.717, 1.165) is 0 Å². The first-order chi connectivity index (χ1) is 15.3. The minimum absolute atomic E-state index is 0.0411. The summed E-state index contributed by atoms with van der Waals surface area (Å²) in [5.74, 6) is -1.25.